The molecule has 120 valence electrons. The van der Waals surface area contributed by atoms with Crippen molar-refractivity contribution in [1.29, 1.82) is 0 Å². The molecule has 2 nitrogen and oxygen atoms in total. The van der Waals surface area contributed by atoms with E-state index in [0.29, 0.717) is 17.5 Å². The van der Waals surface area contributed by atoms with Gasteiger partial charge in [-0.05, 0) is 24.3 Å². The molecule has 0 saturated carbocycles. The first-order chi connectivity index (χ1) is 9.36. The monoisotopic (exact) mass is 282 g/mol. The highest BCUT2D eigenvalue weighted by molar-refractivity contribution is 4.93. The summed E-state index contributed by atoms with van der Waals surface area (Å²) in [5, 5.41) is 3.77. The maximum atomic E-state index is 3.77. The van der Waals surface area contributed by atoms with Gasteiger partial charge in [-0.25, -0.2) is 0 Å². The fourth-order valence-electron chi connectivity index (χ4n) is 3.30. The molecule has 2 atom stereocenters. The van der Waals surface area contributed by atoms with Crippen LogP contribution in [0.25, 0.3) is 0 Å². The van der Waals surface area contributed by atoms with Crippen LogP contribution in [0.5, 0.6) is 0 Å². The third-order valence-electron chi connectivity index (χ3n) is 4.80. The molecule has 1 heterocycles. The second-order valence-corrected chi connectivity index (χ2v) is 8.05. The molecule has 0 aromatic carbocycles. The van der Waals surface area contributed by atoms with Crippen molar-refractivity contribution in [1.82, 2.24) is 10.2 Å². The average Bonchev–Trinajstić information content (AvgIpc) is 2.37. The van der Waals surface area contributed by atoms with Gasteiger partial charge in [0.25, 0.3) is 0 Å². The highest BCUT2D eigenvalue weighted by atomic mass is 15.2. The molecule has 1 saturated heterocycles. The Morgan fingerprint density at radius 2 is 1.75 bits per heavy atom. The predicted molar refractivity (Wildman–Crippen MR) is 90.2 cm³/mol. The Hall–Kier alpha value is -0.0800. The molecule has 0 aromatic heterocycles. The Morgan fingerprint density at radius 1 is 1.10 bits per heavy atom. The van der Waals surface area contributed by atoms with Gasteiger partial charge < -0.3 is 5.32 Å². The summed E-state index contributed by atoms with van der Waals surface area (Å²) in [6.45, 7) is 17.8. The third-order valence-corrected chi connectivity index (χ3v) is 4.80. The van der Waals surface area contributed by atoms with Crippen LogP contribution in [0.2, 0.25) is 0 Å². The normalized spacial score (nSPS) is 25.4. The van der Waals surface area contributed by atoms with E-state index in [1.807, 2.05) is 0 Å². The van der Waals surface area contributed by atoms with Crippen molar-refractivity contribution in [2.45, 2.75) is 85.7 Å². The predicted octanol–water partition coefficient (Wildman–Crippen LogP) is 4.30. The molecule has 1 fully saturated rings. The van der Waals surface area contributed by atoms with Gasteiger partial charge in [-0.2, -0.15) is 0 Å². The molecule has 1 aliphatic heterocycles. The van der Waals surface area contributed by atoms with Crippen molar-refractivity contribution < 1.29 is 0 Å². The van der Waals surface area contributed by atoms with Crippen molar-refractivity contribution in [3.05, 3.63) is 0 Å². The SMILES string of the molecule is CCCCCCCN1CC(C(C)C)NCC1C(C)(C)C. The standard InChI is InChI=1S/C18H38N2/c1-7-8-9-10-11-12-20-14-16(15(2)3)19-13-17(20)18(4,5)6/h15-17,19H,7-14H2,1-6H3. The minimum Gasteiger partial charge on any atom is -0.311 e. The molecule has 0 spiro atoms. The van der Waals surface area contributed by atoms with Gasteiger partial charge in [-0.1, -0.05) is 67.2 Å². The van der Waals surface area contributed by atoms with E-state index in [1.54, 1.807) is 0 Å². The molecule has 2 unspecified atom stereocenters. The Bertz CT molecular complexity index is 255. The topological polar surface area (TPSA) is 15.3 Å². The lowest BCUT2D eigenvalue weighted by molar-refractivity contribution is 0.0449. The van der Waals surface area contributed by atoms with E-state index in [0.717, 1.165) is 12.5 Å². The fourth-order valence-corrected chi connectivity index (χ4v) is 3.30. The van der Waals surface area contributed by atoms with E-state index in [9.17, 15) is 0 Å². The zero-order chi connectivity index (χ0) is 15.2. The van der Waals surface area contributed by atoms with Crippen LogP contribution in [0.3, 0.4) is 0 Å². The summed E-state index contributed by atoms with van der Waals surface area (Å²) >= 11 is 0. The molecule has 0 bridgehead atoms. The lowest BCUT2D eigenvalue weighted by atomic mass is 9.83. The van der Waals surface area contributed by atoms with Crippen molar-refractivity contribution >= 4 is 0 Å². The van der Waals surface area contributed by atoms with E-state index in [2.05, 4.69) is 51.8 Å². The molecule has 0 aliphatic carbocycles. The summed E-state index contributed by atoms with van der Waals surface area (Å²) in [5.41, 5.74) is 0.373. The molecule has 1 rings (SSSR count). The number of rotatable bonds is 7. The van der Waals surface area contributed by atoms with Crippen LogP contribution >= 0.6 is 0 Å². The van der Waals surface area contributed by atoms with Gasteiger partial charge in [0, 0.05) is 25.2 Å². The lowest BCUT2D eigenvalue weighted by Gasteiger charge is -2.47. The van der Waals surface area contributed by atoms with E-state index >= 15 is 0 Å². The maximum absolute atomic E-state index is 3.77. The van der Waals surface area contributed by atoms with Crippen LogP contribution in [-0.4, -0.2) is 36.6 Å². The summed E-state index contributed by atoms with van der Waals surface area (Å²) in [6, 6.07) is 1.35. The van der Waals surface area contributed by atoms with E-state index in [1.165, 1.54) is 45.2 Å². The van der Waals surface area contributed by atoms with Gasteiger partial charge >= 0.3 is 0 Å². The summed E-state index contributed by atoms with van der Waals surface area (Å²) in [7, 11) is 0. The molecule has 20 heavy (non-hydrogen) atoms. The highest BCUT2D eigenvalue weighted by Gasteiger charge is 2.35. The molecule has 0 aromatic rings. The first-order valence-corrected chi connectivity index (χ1v) is 8.83. The van der Waals surface area contributed by atoms with Crippen LogP contribution in [-0.2, 0) is 0 Å². The van der Waals surface area contributed by atoms with Gasteiger partial charge in [0.05, 0.1) is 0 Å². The Balaban J connectivity index is 2.49. The summed E-state index contributed by atoms with van der Waals surface area (Å²) < 4.78 is 0. The zero-order valence-electron chi connectivity index (χ0n) is 14.8. The highest BCUT2D eigenvalue weighted by Crippen LogP contribution is 2.28. The molecule has 1 N–H and O–H groups in total. The van der Waals surface area contributed by atoms with Crippen molar-refractivity contribution in [2.75, 3.05) is 19.6 Å². The molecular weight excluding hydrogens is 244 g/mol. The number of hydrogen-bond acceptors (Lipinski definition) is 2. The molecule has 0 amide bonds. The first kappa shape index (κ1) is 18.0. The molecule has 0 radical (unpaired) electrons. The molecule has 2 heteroatoms. The summed E-state index contributed by atoms with van der Waals surface area (Å²) in [6.07, 6.45) is 6.93. The van der Waals surface area contributed by atoms with Crippen LogP contribution in [0.15, 0.2) is 0 Å². The minimum absolute atomic E-state index is 0.373. The van der Waals surface area contributed by atoms with Gasteiger partial charge in [-0.3, -0.25) is 4.90 Å². The maximum Gasteiger partial charge on any atom is 0.0269 e. The second-order valence-electron chi connectivity index (χ2n) is 8.05. The Kier molecular flexibility index (Phi) is 7.53. The van der Waals surface area contributed by atoms with Gasteiger partial charge in [-0.15, -0.1) is 0 Å². The number of hydrogen-bond donors (Lipinski definition) is 1. The number of unbranched alkanes of at least 4 members (excludes halogenated alkanes) is 4. The quantitative estimate of drug-likeness (QED) is 0.700. The number of piperazine rings is 1. The Morgan fingerprint density at radius 3 is 2.30 bits per heavy atom. The first-order valence-electron chi connectivity index (χ1n) is 8.83. The van der Waals surface area contributed by atoms with Crippen LogP contribution in [0.4, 0.5) is 0 Å². The zero-order valence-corrected chi connectivity index (χ0v) is 14.8. The van der Waals surface area contributed by atoms with Crippen LogP contribution < -0.4 is 5.32 Å². The van der Waals surface area contributed by atoms with Crippen LogP contribution in [0.1, 0.15) is 73.6 Å². The van der Waals surface area contributed by atoms with E-state index in [4.69, 9.17) is 0 Å². The average molecular weight is 283 g/mol. The summed E-state index contributed by atoms with van der Waals surface area (Å²) in [5.74, 6) is 0.735. The number of nitrogens with one attached hydrogen (secondary N) is 1. The minimum atomic E-state index is 0.373. The van der Waals surface area contributed by atoms with Crippen molar-refractivity contribution in [2.24, 2.45) is 11.3 Å². The van der Waals surface area contributed by atoms with Crippen molar-refractivity contribution in [3.8, 4) is 0 Å². The fraction of sp³-hybridized carbons (Fsp3) is 1.00. The summed E-state index contributed by atoms with van der Waals surface area (Å²) in [4.78, 5) is 2.77. The largest absolute Gasteiger partial charge is 0.311 e. The van der Waals surface area contributed by atoms with Gasteiger partial charge in [0.1, 0.15) is 0 Å². The van der Waals surface area contributed by atoms with Crippen molar-refractivity contribution in [3.63, 3.8) is 0 Å². The van der Waals surface area contributed by atoms with Gasteiger partial charge in [0.2, 0.25) is 0 Å². The third kappa shape index (κ3) is 5.73. The Labute approximate surface area is 127 Å². The van der Waals surface area contributed by atoms with Crippen LogP contribution in [0, 0.1) is 11.3 Å². The lowest BCUT2D eigenvalue weighted by Crippen LogP contribution is -2.61. The molecule has 1 aliphatic rings. The van der Waals surface area contributed by atoms with E-state index < -0.39 is 0 Å². The van der Waals surface area contributed by atoms with E-state index in [-0.39, 0.29) is 0 Å². The number of nitrogens with zero attached hydrogens (tertiary/aromatic N) is 1. The smallest absolute Gasteiger partial charge is 0.0269 e. The van der Waals surface area contributed by atoms with Gasteiger partial charge in [0.15, 0.2) is 0 Å². The molecular formula is C18H38N2. The second kappa shape index (κ2) is 8.38.